The summed E-state index contributed by atoms with van der Waals surface area (Å²) in [7, 11) is 0. The lowest BCUT2D eigenvalue weighted by molar-refractivity contribution is 0.840. The highest BCUT2D eigenvalue weighted by Gasteiger charge is 2.13. The van der Waals surface area contributed by atoms with E-state index in [1.807, 2.05) is 18.2 Å². The molecule has 2 heteroatoms. The molecule has 0 amide bonds. The molecule has 0 fully saturated rings. The van der Waals surface area contributed by atoms with Crippen molar-refractivity contribution in [1.82, 2.24) is 0 Å². The minimum atomic E-state index is 1.08. The van der Waals surface area contributed by atoms with Crippen molar-refractivity contribution in [3.8, 4) is 11.1 Å². The maximum absolute atomic E-state index is 3.52. The van der Waals surface area contributed by atoms with E-state index in [4.69, 9.17) is 0 Å². The maximum Gasteiger partial charge on any atom is 0.0390 e. The predicted molar refractivity (Wildman–Crippen MR) is 119 cm³/mol. The molecule has 0 aliphatic heterocycles. The highest BCUT2D eigenvalue weighted by atomic mass is 14.9. The molecule has 136 valence electrons. The van der Waals surface area contributed by atoms with Crippen molar-refractivity contribution in [3.63, 3.8) is 0 Å². The lowest BCUT2D eigenvalue weighted by Crippen LogP contribution is -2.07. The van der Waals surface area contributed by atoms with Gasteiger partial charge in [0.05, 0.1) is 0 Å². The maximum atomic E-state index is 3.52. The van der Waals surface area contributed by atoms with Gasteiger partial charge in [-0.15, -0.1) is 0 Å². The molecular weight excluding hydrogens is 340 g/mol. The van der Waals surface area contributed by atoms with Gasteiger partial charge < -0.3 is 10.6 Å². The zero-order valence-corrected chi connectivity index (χ0v) is 15.7. The van der Waals surface area contributed by atoms with Crippen LogP contribution in [0.25, 0.3) is 11.1 Å². The largest absolute Gasteiger partial charge is 0.356 e. The summed E-state index contributed by atoms with van der Waals surface area (Å²) in [5.74, 6) is 0. The quantitative estimate of drug-likeness (QED) is 0.402. The van der Waals surface area contributed by atoms with Gasteiger partial charge >= 0.3 is 0 Å². The Morgan fingerprint density at radius 3 is 1.71 bits per heavy atom. The lowest BCUT2D eigenvalue weighted by Gasteiger charge is -2.19. The summed E-state index contributed by atoms with van der Waals surface area (Å²) in [5, 5.41) is 6.93. The molecule has 0 bridgehead atoms. The van der Waals surface area contributed by atoms with Crippen LogP contribution in [-0.4, -0.2) is 0 Å². The van der Waals surface area contributed by atoms with E-state index in [0.29, 0.717) is 0 Å². The average molecular weight is 362 g/mol. The Kier molecular flexibility index (Phi) is 4.30. The third-order valence-electron chi connectivity index (χ3n) is 5.30. The van der Waals surface area contributed by atoms with E-state index >= 15 is 0 Å². The monoisotopic (exact) mass is 362 g/mol. The van der Waals surface area contributed by atoms with Gasteiger partial charge in [-0.1, -0.05) is 48.5 Å². The fourth-order valence-corrected chi connectivity index (χ4v) is 3.64. The first-order valence-electron chi connectivity index (χ1n) is 9.75. The van der Waals surface area contributed by atoms with Gasteiger partial charge in [-0.25, -0.2) is 0 Å². The van der Waals surface area contributed by atoms with Crippen LogP contribution in [-0.2, 0) is 12.8 Å². The van der Waals surface area contributed by atoms with E-state index in [9.17, 15) is 0 Å². The van der Waals surface area contributed by atoms with Crippen LogP contribution in [0, 0.1) is 0 Å². The molecule has 2 nitrogen and oxygen atoms in total. The normalized spacial score (nSPS) is 12.0. The summed E-state index contributed by atoms with van der Waals surface area (Å²) in [6.45, 7) is 0. The Hall–Kier alpha value is -3.52. The summed E-state index contributed by atoms with van der Waals surface area (Å²) >= 11 is 0. The Morgan fingerprint density at radius 1 is 0.429 bits per heavy atom. The molecule has 0 spiro atoms. The standard InChI is InChI=1S/C26H22N2/c1-2-6-23(7-3-1)27-24-13-15-25(16-14-24)28-26-8-4-5-20(18-26)22-12-10-19-9-11-21(19)17-22/h1-8,10,12-18,27-28H,9,11H2. The van der Waals surface area contributed by atoms with Gasteiger partial charge in [0.25, 0.3) is 0 Å². The highest BCUT2D eigenvalue weighted by Crippen LogP contribution is 2.31. The van der Waals surface area contributed by atoms with Crippen LogP contribution in [0.2, 0.25) is 0 Å². The smallest absolute Gasteiger partial charge is 0.0390 e. The molecule has 1 aliphatic carbocycles. The van der Waals surface area contributed by atoms with Gasteiger partial charge in [0, 0.05) is 22.7 Å². The van der Waals surface area contributed by atoms with Gasteiger partial charge in [0.1, 0.15) is 0 Å². The van der Waals surface area contributed by atoms with Gasteiger partial charge in [0.15, 0.2) is 0 Å². The van der Waals surface area contributed by atoms with E-state index in [0.717, 1.165) is 22.7 Å². The van der Waals surface area contributed by atoms with Crippen molar-refractivity contribution in [2.45, 2.75) is 12.8 Å². The van der Waals surface area contributed by atoms with Crippen LogP contribution in [0.3, 0.4) is 0 Å². The molecule has 0 saturated heterocycles. The molecule has 4 aromatic carbocycles. The molecule has 1 aliphatic rings. The van der Waals surface area contributed by atoms with Crippen LogP contribution < -0.4 is 10.6 Å². The fraction of sp³-hybridized carbons (Fsp3) is 0.0769. The third kappa shape index (κ3) is 3.49. The van der Waals surface area contributed by atoms with Crippen LogP contribution in [0.5, 0.6) is 0 Å². The number of hydrogen-bond acceptors (Lipinski definition) is 2. The zero-order valence-electron chi connectivity index (χ0n) is 15.7. The first kappa shape index (κ1) is 16.6. The van der Waals surface area contributed by atoms with Crippen LogP contribution in [0.15, 0.2) is 97.1 Å². The number of hydrogen-bond donors (Lipinski definition) is 2. The Labute approximate surface area is 165 Å². The Morgan fingerprint density at radius 2 is 1.04 bits per heavy atom. The van der Waals surface area contributed by atoms with Crippen molar-refractivity contribution in [2.75, 3.05) is 10.6 Å². The van der Waals surface area contributed by atoms with Gasteiger partial charge in [-0.05, 0) is 83.6 Å². The second-order valence-corrected chi connectivity index (χ2v) is 7.26. The SMILES string of the molecule is c1ccc(Nc2ccc(Nc3cccc(-c4ccc5c(c4)CC5)c3)cc2)cc1. The van der Waals surface area contributed by atoms with Crippen LogP contribution in [0.1, 0.15) is 11.1 Å². The highest BCUT2D eigenvalue weighted by molar-refractivity contribution is 5.73. The second kappa shape index (κ2) is 7.24. The van der Waals surface area contributed by atoms with Crippen molar-refractivity contribution in [1.29, 1.82) is 0 Å². The molecule has 0 atom stereocenters. The van der Waals surface area contributed by atoms with Gasteiger partial charge in [0.2, 0.25) is 0 Å². The minimum Gasteiger partial charge on any atom is -0.356 e. The topological polar surface area (TPSA) is 24.1 Å². The number of anilines is 4. The van der Waals surface area contributed by atoms with Crippen molar-refractivity contribution in [3.05, 3.63) is 108 Å². The molecule has 28 heavy (non-hydrogen) atoms. The molecule has 2 N–H and O–H groups in total. The summed E-state index contributed by atoms with van der Waals surface area (Å²) in [4.78, 5) is 0. The summed E-state index contributed by atoms with van der Waals surface area (Å²) in [6.07, 6.45) is 2.44. The van der Waals surface area contributed by atoms with Crippen molar-refractivity contribution < 1.29 is 0 Å². The number of fused-ring (bicyclic) bond motifs is 1. The van der Waals surface area contributed by atoms with Crippen molar-refractivity contribution in [2.24, 2.45) is 0 Å². The molecule has 0 aromatic heterocycles. The van der Waals surface area contributed by atoms with E-state index in [1.165, 1.54) is 35.1 Å². The molecular formula is C26H22N2. The summed E-state index contributed by atoms with van der Waals surface area (Å²) < 4.78 is 0. The van der Waals surface area contributed by atoms with E-state index in [2.05, 4.69) is 89.5 Å². The summed E-state index contributed by atoms with van der Waals surface area (Å²) in [6, 6.07) is 34.1. The molecule has 0 saturated carbocycles. The Balaban J connectivity index is 1.31. The number of rotatable bonds is 5. The molecule has 0 radical (unpaired) electrons. The van der Waals surface area contributed by atoms with Gasteiger partial charge in [-0.3, -0.25) is 0 Å². The van der Waals surface area contributed by atoms with Crippen molar-refractivity contribution >= 4 is 22.7 Å². The zero-order chi connectivity index (χ0) is 18.8. The number of nitrogens with one attached hydrogen (secondary N) is 2. The first-order chi connectivity index (χ1) is 13.8. The number of benzene rings is 4. The third-order valence-corrected chi connectivity index (χ3v) is 5.30. The molecule has 4 aromatic rings. The van der Waals surface area contributed by atoms with Crippen LogP contribution >= 0.6 is 0 Å². The average Bonchev–Trinajstić information content (AvgIpc) is 2.71. The lowest BCUT2D eigenvalue weighted by atomic mass is 9.86. The Bertz CT molecular complexity index is 1100. The molecule has 5 rings (SSSR count). The van der Waals surface area contributed by atoms with E-state index in [-0.39, 0.29) is 0 Å². The number of aryl methyl sites for hydroxylation is 2. The second-order valence-electron chi connectivity index (χ2n) is 7.26. The van der Waals surface area contributed by atoms with Gasteiger partial charge in [-0.2, -0.15) is 0 Å². The molecule has 0 heterocycles. The number of para-hydroxylation sites is 1. The molecule has 0 unspecified atom stereocenters. The minimum absolute atomic E-state index is 1.08. The fourth-order valence-electron chi connectivity index (χ4n) is 3.64. The predicted octanol–water partition coefficient (Wildman–Crippen LogP) is 6.94. The van der Waals surface area contributed by atoms with E-state index in [1.54, 1.807) is 0 Å². The van der Waals surface area contributed by atoms with Crippen LogP contribution in [0.4, 0.5) is 22.7 Å². The summed E-state index contributed by atoms with van der Waals surface area (Å²) in [5.41, 5.74) is 9.89. The first-order valence-corrected chi connectivity index (χ1v) is 9.75. The van der Waals surface area contributed by atoms with E-state index < -0.39 is 0 Å².